The van der Waals surface area contributed by atoms with E-state index in [1.54, 1.807) is 49.5 Å². The summed E-state index contributed by atoms with van der Waals surface area (Å²) in [6.07, 6.45) is 7.66. The number of ether oxygens (including phenoxy) is 2. The molecule has 1 aliphatic carbocycles. The van der Waals surface area contributed by atoms with E-state index in [0.29, 0.717) is 60.3 Å². The van der Waals surface area contributed by atoms with E-state index in [9.17, 15) is 24.0 Å². The summed E-state index contributed by atoms with van der Waals surface area (Å²) >= 11 is 6.30. The van der Waals surface area contributed by atoms with Crippen molar-refractivity contribution in [2.24, 2.45) is 28.3 Å². The van der Waals surface area contributed by atoms with Crippen molar-refractivity contribution in [2.75, 3.05) is 20.8 Å². The van der Waals surface area contributed by atoms with Crippen LogP contribution in [-0.4, -0.2) is 72.1 Å². The highest BCUT2D eigenvalue weighted by molar-refractivity contribution is 6.38. The number of oxime groups is 1. The van der Waals surface area contributed by atoms with Gasteiger partial charge in [0.25, 0.3) is 0 Å². The van der Waals surface area contributed by atoms with E-state index in [4.69, 9.17) is 25.9 Å². The van der Waals surface area contributed by atoms with Crippen molar-refractivity contribution in [3.63, 3.8) is 0 Å². The van der Waals surface area contributed by atoms with Crippen LogP contribution >= 0.6 is 11.6 Å². The summed E-state index contributed by atoms with van der Waals surface area (Å²) in [6.45, 7) is 7.90. The smallest absolute Gasteiger partial charge is 0.227 e. The second kappa shape index (κ2) is 18.9. The molecule has 0 N–H and O–H groups in total. The van der Waals surface area contributed by atoms with Gasteiger partial charge in [0.05, 0.1) is 32.5 Å². The number of hydrogen-bond donors (Lipinski definition) is 0. The molecule has 2 aromatic carbocycles. The quantitative estimate of drug-likeness (QED) is 0.138. The van der Waals surface area contributed by atoms with E-state index in [0.717, 1.165) is 36.8 Å². The van der Waals surface area contributed by atoms with E-state index in [1.807, 2.05) is 39.8 Å². The summed E-state index contributed by atoms with van der Waals surface area (Å²) in [6, 6.07) is 11.7. The molecule has 10 nitrogen and oxygen atoms in total. The predicted octanol–water partition coefficient (Wildman–Crippen LogP) is 8.56. The zero-order chi connectivity index (χ0) is 40.6. The number of hydrogen-bond acceptors (Lipinski definition) is 9. The standard InChI is InChI=1S/C45H59ClN2O8/c1-7-12-32(42(52)40(50)18-17-30-20-35(54-5)25-36(21-30)55-6)23-41(51)39-27-45(26-38(47-56-45)31-15-11-16-33(46)22-31)28-48(39)43(53)37(44(2,3)4)24-34(49)19-29-13-9-8-10-14-29/h11,15-16,20-22,25,29,32,37,39H,7-10,12-14,17-19,23-24,26-28H2,1-6H3/t32-,37-,39+,45-/m1/s1. The number of aryl methyl sites for hydroxylation is 1. The fourth-order valence-electron chi connectivity index (χ4n) is 8.67. The van der Waals surface area contributed by atoms with Crippen molar-refractivity contribution < 1.29 is 38.3 Å². The van der Waals surface area contributed by atoms with Crippen LogP contribution in [0.15, 0.2) is 47.6 Å². The normalized spacial score (nSPS) is 20.9. The molecule has 0 radical (unpaired) electrons. The highest BCUT2D eigenvalue weighted by atomic mass is 35.5. The van der Waals surface area contributed by atoms with Crippen LogP contribution in [0.25, 0.3) is 0 Å². The summed E-state index contributed by atoms with van der Waals surface area (Å²) < 4.78 is 10.7. The van der Waals surface area contributed by atoms with Crippen LogP contribution in [0, 0.1) is 23.2 Å². The van der Waals surface area contributed by atoms with E-state index in [2.05, 4.69) is 5.16 Å². The third kappa shape index (κ3) is 10.9. The third-order valence-electron chi connectivity index (χ3n) is 11.9. The minimum atomic E-state index is -0.972. The van der Waals surface area contributed by atoms with Gasteiger partial charge in [-0.3, -0.25) is 24.0 Å². The molecule has 1 saturated heterocycles. The van der Waals surface area contributed by atoms with Gasteiger partial charge in [-0.2, -0.15) is 0 Å². The molecular weight excluding hydrogens is 732 g/mol. The summed E-state index contributed by atoms with van der Waals surface area (Å²) in [7, 11) is 3.09. The number of Topliss-reactive ketones (excluding diaryl/α,β-unsaturated/α-hetero) is 4. The molecule has 2 aliphatic heterocycles. The van der Waals surface area contributed by atoms with Gasteiger partial charge in [0.1, 0.15) is 17.3 Å². The first-order valence-corrected chi connectivity index (χ1v) is 20.7. The number of nitrogens with zero attached hydrogens (tertiary/aromatic N) is 2. The Kier molecular flexibility index (Phi) is 14.6. The first-order chi connectivity index (χ1) is 26.6. The Labute approximate surface area is 337 Å². The van der Waals surface area contributed by atoms with Gasteiger partial charge in [-0.05, 0) is 54.0 Å². The molecule has 4 atom stereocenters. The van der Waals surface area contributed by atoms with Gasteiger partial charge in [-0.15, -0.1) is 0 Å². The lowest BCUT2D eigenvalue weighted by atomic mass is 9.75. The Morgan fingerprint density at radius 2 is 1.68 bits per heavy atom. The van der Waals surface area contributed by atoms with Gasteiger partial charge in [0, 0.05) is 67.0 Å². The summed E-state index contributed by atoms with van der Waals surface area (Å²) in [4.78, 5) is 77.8. The van der Waals surface area contributed by atoms with Crippen LogP contribution in [0.2, 0.25) is 5.02 Å². The van der Waals surface area contributed by atoms with E-state index >= 15 is 0 Å². The Hall–Kier alpha value is -4.05. The van der Waals surface area contributed by atoms with E-state index < -0.39 is 40.5 Å². The topological polar surface area (TPSA) is 129 Å². The van der Waals surface area contributed by atoms with Crippen LogP contribution in [0.4, 0.5) is 0 Å². The lowest BCUT2D eigenvalue weighted by Crippen LogP contribution is -2.48. The fourth-order valence-corrected chi connectivity index (χ4v) is 8.86. The average molecular weight is 791 g/mol. The summed E-state index contributed by atoms with van der Waals surface area (Å²) in [5.41, 5.74) is 0.711. The van der Waals surface area contributed by atoms with Gasteiger partial charge < -0.3 is 19.2 Å². The molecule has 2 fully saturated rings. The highest BCUT2D eigenvalue weighted by Gasteiger charge is 2.55. The Balaban J connectivity index is 1.36. The average Bonchev–Trinajstić information content (AvgIpc) is 3.78. The number of carbonyl (C=O) groups excluding carboxylic acids is 5. The lowest BCUT2D eigenvalue weighted by molar-refractivity contribution is -0.147. The number of likely N-dealkylation sites (tertiary alicyclic amines) is 1. The fraction of sp³-hybridized carbons (Fsp3) is 0.600. The summed E-state index contributed by atoms with van der Waals surface area (Å²) in [5, 5.41) is 4.98. The van der Waals surface area contributed by atoms with Crippen molar-refractivity contribution >= 4 is 46.4 Å². The molecule has 2 heterocycles. The molecule has 0 bridgehead atoms. The maximum Gasteiger partial charge on any atom is 0.227 e. The van der Waals surface area contributed by atoms with Gasteiger partial charge in [-0.1, -0.05) is 95.1 Å². The van der Waals surface area contributed by atoms with E-state index in [1.165, 1.54) is 6.42 Å². The molecule has 1 saturated carbocycles. The summed E-state index contributed by atoms with van der Waals surface area (Å²) in [5.74, 6) is -1.60. The van der Waals surface area contributed by atoms with Crippen LogP contribution < -0.4 is 9.47 Å². The molecule has 1 amide bonds. The molecular formula is C45H59ClN2O8. The van der Waals surface area contributed by atoms with Crippen molar-refractivity contribution in [2.45, 2.75) is 129 Å². The van der Waals surface area contributed by atoms with Crippen LogP contribution in [0.1, 0.15) is 122 Å². The van der Waals surface area contributed by atoms with Crippen molar-refractivity contribution in [1.82, 2.24) is 4.90 Å². The van der Waals surface area contributed by atoms with Crippen LogP contribution in [0.5, 0.6) is 11.5 Å². The van der Waals surface area contributed by atoms with Crippen LogP contribution in [0.3, 0.4) is 0 Å². The molecule has 304 valence electrons. The second-order valence-corrected chi connectivity index (χ2v) is 17.7. The number of halogens is 1. The van der Waals surface area contributed by atoms with Crippen molar-refractivity contribution in [3.05, 3.63) is 58.6 Å². The maximum absolute atomic E-state index is 14.8. The SMILES string of the molecule is CCC[C@H](CC(=O)[C@@H]1C[C@]2(CC(c3cccc(Cl)c3)=NO2)CN1C(=O)[C@@H](CC(=O)CC1CCCCC1)C(C)(C)C)C(=O)C(=O)CCc1cc(OC)cc(OC)c1. The second-order valence-electron chi connectivity index (χ2n) is 17.2. The van der Waals surface area contributed by atoms with Gasteiger partial charge >= 0.3 is 0 Å². The van der Waals surface area contributed by atoms with Gasteiger partial charge in [0.15, 0.2) is 17.2 Å². The maximum atomic E-state index is 14.8. The minimum Gasteiger partial charge on any atom is -0.497 e. The number of carbonyl (C=O) groups is 5. The van der Waals surface area contributed by atoms with Gasteiger partial charge in [-0.25, -0.2) is 0 Å². The molecule has 0 aromatic heterocycles. The first kappa shape index (κ1) is 43.1. The van der Waals surface area contributed by atoms with Crippen molar-refractivity contribution in [1.29, 1.82) is 0 Å². The van der Waals surface area contributed by atoms with Crippen LogP contribution in [-0.2, 0) is 35.2 Å². The number of rotatable bonds is 18. The van der Waals surface area contributed by atoms with Gasteiger partial charge in [0.2, 0.25) is 11.7 Å². The predicted molar refractivity (Wildman–Crippen MR) is 216 cm³/mol. The number of methoxy groups -OCH3 is 2. The molecule has 11 heteroatoms. The van der Waals surface area contributed by atoms with E-state index in [-0.39, 0.29) is 49.7 Å². The molecule has 56 heavy (non-hydrogen) atoms. The monoisotopic (exact) mass is 790 g/mol. The molecule has 0 unspecified atom stereocenters. The highest BCUT2D eigenvalue weighted by Crippen LogP contribution is 2.43. The molecule has 1 spiro atoms. The zero-order valence-corrected chi connectivity index (χ0v) is 34.8. The number of benzene rings is 2. The Morgan fingerprint density at radius 3 is 2.30 bits per heavy atom. The zero-order valence-electron chi connectivity index (χ0n) is 34.0. The third-order valence-corrected chi connectivity index (χ3v) is 12.1. The van der Waals surface area contributed by atoms with Crippen molar-refractivity contribution in [3.8, 4) is 11.5 Å². The first-order valence-electron chi connectivity index (χ1n) is 20.3. The number of amides is 1. The lowest BCUT2D eigenvalue weighted by Gasteiger charge is -2.35. The number of ketones is 4. The minimum absolute atomic E-state index is 0.0275. The molecule has 3 aliphatic rings. The Morgan fingerprint density at radius 1 is 0.982 bits per heavy atom. The largest absolute Gasteiger partial charge is 0.497 e. The molecule has 5 rings (SSSR count). The molecule has 2 aromatic rings. The Bertz CT molecular complexity index is 1770.